The van der Waals surface area contributed by atoms with Crippen molar-refractivity contribution in [3.8, 4) is 0 Å². The van der Waals surface area contributed by atoms with Crippen molar-refractivity contribution < 1.29 is 18.7 Å². The van der Waals surface area contributed by atoms with Crippen molar-refractivity contribution in [1.82, 2.24) is 9.80 Å². The van der Waals surface area contributed by atoms with Gasteiger partial charge in [0.05, 0.1) is 31.9 Å². The van der Waals surface area contributed by atoms with E-state index in [1.54, 1.807) is 27.4 Å². The van der Waals surface area contributed by atoms with Crippen molar-refractivity contribution in [2.75, 3.05) is 26.2 Å². The van der Waals surface area contributed by atoms with Gasteiger partial charge < -0.3 is 19.0 Å². The zero-order valence-electron chi connectivity index (χ0n) is 17.0. The maximum atomic E-state index is 13.2. The molecule has 1 saturated heterocycles. The second kappa shape index (κ2) is 11.2. The summed E-state index contributed by atoms with van der Waals surface area (Å²) in [5.41, 5.74) is 0. The highest BCUT2D eigenvalue weighted by atomic mass is 32.1. The van der Waals surface area contributed by atoms with Gasteiger partial charge in [-0.1, -0.05) is 19.4 Å². The van der Waals surface area contributed by atoms with Crippen LogP contribution in [0, 0.1) is 0 Å². The van der Waals surface area contributed by atoms with E-state index >= 15 is 0 Å². The van der Waals surface area contributed by atoms with Gasteiger partial charge in [-0.05, 0) is 42.8 Å². The lowest BCUT2D eigenvalue weighted by Crippen LogP contribution is -2.45. The van der Waals surface area contributed by atoms with E-state index in [-0.39, 0.29) is 24.5 Å². The van der Waals surface area contributed by atoms with Gasteiger partial charge in [0.2, 0.25) is 11.8 Å². The van der Waals surface area contributed by atoms with Gasteiger partial charge in [-0.3, -0.25) is 9.59 Å². The number of carbonyl (C=O) groups is 2. The number of nitrogens with zero attached hydrogens (tertiary/aromatic N) is 2. The molecule has 0 spiro atoms. The average Bonchev–Trinajstić information content (AvgIpc) is 3.48. The van der Waals surface area contributed by atoms with E-state index in [0.717, 1.165) is 42.9 Å². The molecular formula is C22H30N2O4S. The van der Waals surface area contributed by atoms with E-state index < -0.39 is 0 Å². The summed E-state index contributed by atoms with van der Waals surface area (Å²) in [6, 6.07) is 7.60. The van der Waals surface area contributed by atoms with Crippen molar-refractivity contribution in [2.24, 2.45) is 0 Å². The standard InChI is InChI=1S/C22H30N2O4S/c1-2-3-10-23(21(25)14-20-9-6-13-29-20)17-22(26)24(15-18-7-4-11-27-18)16-19-8-5-12-28-19/h4,6-7,9,11,13,19H,2-3,5,8,10,12,14-17H2,1H3/t19-/m1/s1. The second-order valence-corrected chi connectivity index (χ2v) is 8.45. The lowest BCUT2D eigenvalue weighted by molar-refractivity contribution is -0.141. The molecule has 2 amide bonds. The van der Waals surface area contributed by atoms with Crippen LogP contribution in [0.3, 0.4) is 0 Å². The summed E-state index contributed by atoms with van der Waals surface area (Å²) >= 11 is 1.57. The van der Waals surface area contributed by atoms with Crippen LogP contribution in [0.25, 0.3) is 0 Å². The third kappa shape index (κ3) is 6.72. The number of rotatable bonds is 11. The highest BCUT2D eigenvalue weighted by Gasteiger charge is 2.26. The molecule has 7 heteroatoms. The van der Waals surface area contributed by atoms with Gasteiger partial charge in [-0.15, -0.1) is 11.3 Å². The Hall–Kier alpha value is -2.12. The molecule has 1 aliphatic heterocycles. The lowest BCUT2D eigenvalue weighted by Gasteiger charge is -2.28. The molecule has 2 aromatic rings. The molecule has 0 aromatic carbocycles. The highest BCUT2D eigenvalue weighted by Crippen LogP contribution is 2.17. The average molecular weight is 419 g/mol. The molecule has 29 heavy (non-hydrogen) atoms. The van der Waals surface area contributed by atoms with Crippen LogP contribution in [-0.2, 0) is 27.3 Å². The first-order valence-corrected chi connectivity index (χ1v) is 11.3. The summed E-state index contributed by atoms with van der Waals surface area (Å²) in [7, 11) is 0. The molecule has 0 bridgehead atoms. The van der Waals surface area contributed by atoms with Crippen LogP contribution in [0.4, 0.5) is 0 Å². The molecule has 158 valence electrons. The van der Waals surface area contributed by atoms with Crippen molar-refractivity contribution >= 4 is 23.2 Å². The molecule has 1 atom stereocenters. The smallest absolute Gasteiger partial charge is 0.242 e. The molecule has 0 N–H and O–H groups in total. The molecule has 0 unspecified atom stereocenters. The van der Waals surface area contributed by atoms with Gasteiger partial charge in [0.15, 0.2) is 0 Å². The Labute approximate surface area is 176 Å². The fraction of sp³-hybridized carbons (Fsp3) is 0.545. The van der Waals surface area contributed by atoms with Gasteiger partial charge >= 0.3 is 0 Å². The van der Waals surface area contributed by atoms with Crippen molar-refractivity contribution in [3.63, 3.8) is 0 Å². The van der Waals surface area contributed by atoms with E-state index in [1.165, 1.54) is 0 Å². The van der Waals surface area contributed by atoms with Gasteiger partial charge in [0.1, 0.15) is 5.76 Å². The normalized spacial score (nSPS) is 16.1. The molecule has 0 aliphatic carbocycles. The molecular weight excluding hydrogens is 388 g/mol. The number of thiophene rings is 1. The van der Waals surface area contributed by atoms with Crippen LogP contribution in [-0.4, -0.2) is 54.0 Å². The molecule has 3 heterocycles. The van der Waals surface area contributed by atoms with Crippen LogP contribution < -0.4 is 0 Å². The number of amides is 2. The Morgan fingerprint density at radius 1 is 1.21 bits per heavy atom. The summed E-state index contributed by atoms with van der Waals surface area (Å²) in [6.07, 6.45) is 5.85. The summed E-state index contributed by atoms with van der Waals surface area (Å²) in [4.78, 5) is 30.5. The summed E-state index contributed by atoms with van der Waals surface area (Å²) in [6.45, 7) is 4.45. The predicted molar refractivity (Wildman–Crippen MR) is 113 cm³/mol. The first kappa shape index (κ1) is 21.6. The molecule has 3 rings (SSSR count). The zero-order valence-corrected chi connectivity index (χ0v) is 17.9. The van der Waals surface area contributed by atoms with Gasteiger partial charge in [-0.2, -0.15) is 0 Å². The van der Waals surface area contributed by atoms with E-state index in [4.69, 9.17) is 9.15 Å². The SMILES string of the molecule is CCCCN(CC(=O)N(Cc1ccco1)C[C@H]1CCCO1)C(=O)Cc1cccs1. The Bertz CT molecular complexity index is 739. The third-order valence-corrected chi connectivity index (χ3v) is 5.97. The summed E-state index contributed by atoms with van der Waals surface area (Å²) in [5, 5.41) is 1.97. The third-order valence-electron chi connectivity index (χ3n) is 5.09. The van der Waals surface area contributed by atoms with Crippen LogP contribution in [0.1, 0.15) is 43.2 Å². The van der Waals surface area contributed by atoms with E-state index in [9.17, 15) is 9.59 Å². The van der Waals surface area contributed by atoms with Crippen molar-refractivity contribution in [2.45, 2.75) is 51.7 Å². The first-order valence-electron chi connectivity index (χ1n) is 10.4. The quantitative estimate of drug-likeness (QED) is 0.558. The Balaban J connectivity index is 1.66. The maximum absolute atomic E-state index is 13.2. The van der Waals surface area contributed by atoms with E-state index in [1.807, 2.05) is 29.6 Å². The first-order chi connectivity index (χ1) is 14.2. The van der Waals surface area contributed by atoms with Crippen molar-refractivity contribution in [3.05, 3.63) is 46.5 Å². The maximum Gasteiger partial charge on any atom is 0.242 e. The van der Waals surface area contributed by atoms with E-state index in [2.05, 4.69) is 6.92 Å². The monoisotopic (exact) mass is 418 g/mol. The second-order valence-electron chi connectivity index (χ2n) is 7.41. The minimum Gasteiger partial charge on any atom is -0.467 e. The van der Waals surface area contributed by atoms with Gasteiger partial charge in [-0.25, -0.2) is 0 Å². The Morgan fingerprint density at radius 3 is 2.76 bits per heavy atom. The number of hydrogen-bond donors (Lipinski definition) is 0. The molecule has 2 aromatic heterocycles. The minimum atomic E-state index is -0.0625. The molecule has 0 saturated carbocycles. The predicted octanol–water partition coefficient (Wildman–Crippen LogP) is 3.72. The molecule has 0 radical (unpaired) electrons. The fourth-order valence-electron chi connectivity index (χ4n) is 3.46. The van der Waals surface area contributed by atoms with Gasteiger partial charge in [0.25, 0.3) is 0 Å². The van der Waals surface area contributed by atoms with Crippen LogP contribution >= 0.6 is 11.3 Å². The highest BCUT2D eigenvalue weighted by molar-refractivity contribution is 7.10. The number of carbonyl (C=O) groups excluding carboxylic acids is 2. The Morgan fingerprint density at radius 2 is 2.10 bits per heavy atom. The number of hydrogen-bond acceptors (Lipinski definition) is 5. The number of ether oxygens (including phenoxy) is 1. The number of unbranched alkanes of at least 4 members (excludes halogenated alkanes) is 1. The zero-order chi connectivity index (χ0) is 20.5. The van der Waals surface area contributed by atoms with Gasteiger partial charge in [0, 0.05) is 24.6 Å². The summed E-state index contributed by atoms with van der Waals surface area (Å²) < 4.78 is 11.2. The molecule has 6 nitrogen and oxygen atoms in total. The lowest BCUT2D eigenvalue weighted by atomic mass is 10.2. The van der Waals surface area contributed by atoms with Crippen molar-refractivity contribution in [1.29, 1.82) is 0 Å². The summed E-state index contributed by atoms with van der Waals surface area (Å²) in [5.74, 6) is 0.679. The van der Waals surface area contributed by atoms with Crippen LogP contribution in [0.5, 0.6) is 0 Å². The van der Waals surface area contributed by atoms with E-state index in [0.29, 0.717) is 26.1 Å². The molecule has 1 aliphatic rings. The fourth-order valence-corrected chi connectivity index (χ4v) is 4.15. The van der Waals surface area contributed by atoms with Crippen LogP contribution in [0.15, 0.2) is 40.3 Å². The Kier molecular flexibility index (Phi) is 8.31. The topological polar surface area (TPSA) is 63.0 Å². The molecule has 1 fully saturated rings. The van der Waals surface area contributed by atoms with Crippen LogP contribution in [0.2, 0.25) is 0 Å². The minimum absolute atomic E-state index is 0.00400. The largest absolute Gasteiger partial charge is 0.467 e. The number of furan rings is 1.